The van der Waals surface area contributed by atoms with Crippen LogP contribution < -0.4 is 20.6 Å². The maximum absolute atomic E-state index is 12.6. The van der Waals surface area contributed by atoms with Crippen molar-refractivity contribution in [3.63, 3.8) is 0 Å². The lowest BCUT2D eigenvalue weighted by atomic mass is 10.1. The third-order valence-corrected chi connectivity index (χ3v) is 4.91. The molecule has 2 aromatic rings. The summed E-state index contributed by atoms with van der Waals surface area (Å²) >= 11 is 4.70. The molecule has 3 N–H and O–H groups in total. The molecule has 0 aromatic heterocycles. The van der Waals surface area contributed by atoms with Crippen LogP contribution in [0.5, 0.6) is 11.5 Å². The number of rotatable bonds is 7. The van der Waals surface area contributed by atoms with E-state index in [1.165, 1.54) is 6.42 Å². The van der Waals surface area contributed by atoms with E-state index in [2.05, 4.69) is 10.5 Å². The molecule has 0 atom stereocenters. The molecule has 3 rings (SSSR count). The summed E-state index contributed by atoms with van der Waals surface area (Å²) in [5.41, 5.74) is 10.3. The fourth-order valence-electron chi connectivity index (χ4n) is 3.24. The lowest BCUT2D eigenvalue weighted by molar-refractivity contribution is 0.0724. The second kappa shape index (κ2) is 10.6. The molecule has 30 heavy (non-hydrogen) atoms. The number of piperidine rings is 1. The van der Waals surface area contributed by atoms with Crippen LogP contribution in [0.1, 0.15) is 40.7 Å². The van der Waals surface area contributed by atoms with E-state index in [0.29, 0.717) is 23.7 Å². The number of carbonyl (C=O) groups is 1. The Morgan fingerprint density at radius 3 is 2.57 bits per heavy atom. The second-order valence-electron chi connectivity index (χ2n) is 6.98. The molecule has 0 radical (unpaired) electrons. The van der Waals surface area contributed by atoms with Gasteiger partial charge in [-0.15, -0.1) is 0 Å². The fourth-order valence-corrected chi connectivity index (χ4v) is 3.29. The minimum atomic E-state index is 0.0989. The molecule has 158 valence electrons. The lowest BCUT2D eigenvalue weighted by Crippen LogP contribution is -2.35. The Morgan fingerprint density at radius 2 is 1.90 bits per heavy atom. The Labute approximate surface area is 181 Å². The number of nitrogens with one attached hydrogen (secondary N) is 1. The minimum absolute atomic E-state index is 0.0989. The molecule has 8 heteroatoms. The molecular weight excluding hydrogens is 400 g/mol. The Hall–Kier alpha value is -3.13. The zero-order valence-corrected chi connectivity index (χ0v) is 17.8. The molecular formula is C22H26N4O3S. The number of hydrogen-bond acceptors (Lipinski definition) is 5. The minimum Gasteiger partial charge on any atom is -0.493 e. The van der Waals surface area contributed by atoms with Crippen molar-refractivity contribution in [1.82, 2.24) is 10.3 Å². The number of carbonyl (C=O) groups excluding carboxylic acids is 1. The van der Waals surface area contributed by atoms with E-state index in [1.807, 2.05) is 41.3 Å². The molecule has 0 bridgehead atoms. The Morgan fingerprint density at radius 1 is 1.17 bits per heavy atom. The van der Waals surface area contributed by atoms with Crippen LogP contribution in [0.4, 0.5) is 0 Å². The van der Waals surface area contributed by atoms with Crippen molar-refractivity contribution in [2.45, 2.75) is 25.9 Å². The molecule has 0 saturated carbocycles. The van der Waals surface area contributed by atoms with Crippen LogP contribution in [0.2, 0.25) is 0 Å². The predicted molar refractivity (Wildman–Crippen MR) is 121 cm³/mol. The summed E-state index contributed by atoms with van der Waals surface area (Å²) in [5.74, 6) is 1.31. The van der Waals surface area contributed by atoms with Crippen LogP contribution in [0.15, 0.2) is 47.6 Å². The Bertz CT molecular complexity index is 909. The van der Waals surface area contributed by atoms with Gasteiger partial charge in [0.05, 0.1) is 13.3 Å². The van der Waals surface area contributed by atoms with Gasteiger partial charge in [-0.3, -0.25) is 10.2 Å². The molecule has 1 aliphatic heterocycles. The van der Waals surface area contributed by atoms with Crippen LogP contribution in [0, 0.1) is 0 Å². The number of benzene rings is 2. The summed E-state index contributed by atoms with van der Waals surface area (Å²) in [7, 11) is 1.58. The third kappa shape index (κ3) is 5.93. The molecule has 1 heterocycles. The van der Waals surface area contributed by atoms with Crippen molar-refractivity contribution in [3.8, 4) is 11.5 Å². The van der Waals surface area contributed by atoms with E-state index in [4.69, 9.17) is 27.4 Å². The van der Waals surface area contributed by atoms with E-state index in [0.717, 1.165) is 37.1 Å². The summed E-state index contributed by atoms with van der Waals surface area (Å²) in [4.78, 5) is 14.5. The van der Waals surface area contributed by atoms with Crippen LogP contribution >= 0.6 is 12.2 Å². The maximum Gasteiger partial charge on any atom is 0.253 e. The van der Waals surface area contributed by atoms with Gasteiger partial charge >= 0.3 is 0 Å². The highest BCUT2D eigenvalue weighted by molar-refractivity contribution is 7.80. The first-order chi connectivity index (χ1) is 14.6. The molecule has 1 amide bonds. The smallest absolute Gasteiger partial charge is 0.253 e. The highest BCUT2D eigenvalue weighted by atomic mass is 32.1. The van der Waals surface area contributed by atoms with E-state index < -0.39 is 0 Å². The monoisotopic (exact) mass is 426 g/mol. The van der Waals surface area contributed by atoms with Gasteiger partial charge in [0.1, 0.15) is 6.61 Å². The first-order valence-electron chi connectivity index (χ1n) is 9.84. The second-order valence-corrected chi connectivity index (χ2v) is 7.42. The number of nitrogens with two attached hydrogens (primary N) is 1. The summed E-state index contributed by atoms with van der Waals surface area (Å²) < 4.78 is 11.3. The number of hydrazone groups is 1. The van der Waals surface area contributed by atoms with Gasteiger partial charge < -0.3 is 20.1 Å². The van der Waals surface area contributed by atoms with Gasteiger partial charge in [-0.2, -0.15) is 5.10 Å². The standard InChI is InChI=1S/C22H26N4O3S/c1-28-20-13-17(14-24-25-22(23)30)7-10-19(20)29-15-16-5-8-18(9-6-16)21(27)26-11-3-2-4-12-26/h5-10,13-14H,2-4,11-12,15H2,1H3,(H3,23,25,30). The molecule has 1 fully saturated rings. The number of ether oxygens (including phenoxy) is 2. The van der Waals surface area contributed by atoms with Crippen LogP contribution in [0.3, 0.4) is 0 Å². The predicted octanol–water partition coefficient (Wildman–Crippen LogP) is 3.07. The molecule has 0 spiro atoms. The molecule has 7 nitrogen and oxygen atoms in total. The van der Waals surface area contributed by atoms with Gasteiger partial charge in [0.25, 0.3) is 5.91 Å². The van der Waals surface area contributed by atoms with Crippen molar-refractivity contribution >= 4 is 29.5 Å². The summed E-state index contributed by atoms with van der Waals surface area (Å²) in [6.45, 7) is 2.06. The average molecular weight is 427 g/mol. The number of thiocarbonyl (C=S) groups is 1. The highest BCUT2D eigenvalue weighted by Gasteiger charge is 2.17. The van der Waals surface area contributed by atoms with E-state index in [1.54, 1.807) is 19.4 Å². The van der Waals surface area contributed by atoms with Crippen molar-refractivity contribution < 1.29 is 14.3 Å². The summed E-state index contributed by atoms with van der Waals surface area (Å²) in [6.07, 6.45) is 4.96. The lowest BCUT2D eigenvalue weighted by Gasteiger charge is -2.26. The van der Waals surface area contributed by atoms with E-state index >= 15 is 0 Å². The van der Waals surface area contributed by atoms with Crippen molar-refractivity contribution in [2.24, 2.45) is 10.8 Å². The topological polar surface area (TPSA) is 89.2 Å². The quantitative estimate of drug-likeness (QED) is 0.402. The van der Waals surface area contributed by atoms with Gasteiger partial charge in [-0.05, 0) is 72.9 Å². The number of amides is 1. The van der Waals surface area contributed by atoms with Gasteiger partial charge in [-0.1, -0.05) is 12.1 Å². The molecule has 0 aliphatic carbocycles. The summed E-state index contributed by atoms with van der Waals surface area (Å²) in [5, 5.41) is 4.03. The number of nitrogens with zero attached hydrogens (tertiary/aromatic N) is 2. The van der Waals surface area contributed by atoms with Crippen molar-refractivity contribution in [3.05, 3.63) is 59.2 Å². The SMILES string of the molecule is COc1cc(C=NNC(N)=S)ccc1OCc1ccc(C(=O)N2CCCCC2)cc1. The number of hydrogen-bond donors (Lipinski definition) is 2. The highest BCUT2D eigenvalue weighted by Crippen LogP contribution is 2.28. The third-order valence-electron chi connectivity index (χ3n) is 4.81. The zero-order valence-electron chi connectivity index (χ0n) is 17.0. The molecule has 1 saturated heterocycles. The van der Waals surface area contributed by atoms with Gasteiger partial charge in [0.15, 0.2) is 16.6 Å². The maximum atomic E-state index is 12.6. The fraction of sp³-hybridized carbons (Fsp3) is 0.318. The normalized spacial score (nSPS) is 13.8. The van der Waals surface area contributed by atoms with Crippen LogP contribution in [0.25, 0.3) is 0 Å². The average Bonchev–Trinajstić information content (AvgIpc) is 2.78. The van der Waals surface area contributed by atoms with Gasteiger partial charge in [-0.25, -0.2) is 0 Å². The number of likely N-dealkylation sites (tertiary alicyclic amines) is 1. The van der Waals surface area contributed by atoms with E-state index in [-0.39, 0.29) is 11.0 Å². The Kier molecular flexibility index (Phi) is 7.62. The van der Waals surface area contributed by atoms with E-state index in [9.17, 15) is 4.79 Å². The largest absolute Gasteiger partial charge is 0.493 e. The van der Waals surface area contributed by atoms with Crippen molar-refractivity contribution in [2.75, 3.05) is 20.2 Å². The van der Waals surface area contributed by atoms with Crippen molar-refractivity contribution in [1.29, 1.82) is 0 Å². The van der Waals surface area contributed by atoms with Crippen LogP contribution in [-0.4, -0.2) is 42.3 Å². The zero-order chi connectivity index (χ0) is 21.3. The van der Waals surface area contributed by atoms with Gasteiger partial charge in [0.2, 0.25) is 0 Å². The molecule has 2 aromatic carbocycles. The summed E-state index contributed by atoms with van der Waals surface area (Å²) in [6, 6.07) is 13.0. The Balaban J connectivity index is 1.60. The first kappa shape index (κ1) is 21.6. The molecule has 0 unspecified atom stereocenters. The molecule has 1 aliphatic rings. The van der Waals surface area contributed by atoms with Crippen LogP contribution in [-0.2, 0) is 6.61 Å². The van der Waals surface area contributed by atoms with Gasteiger partial charge in [0, 0.05) is 18.7 Å². The number of methoxy groups -OCH3 is 1. The first-order valence-corrected chi connectivity index (χ1v) is 10.2.